The molecule has 3 heterocycles. The molecule has 6 heteroatoms. The van der Waals surface area contributed by atoms with Gasteiger partial charge < -0.3 is 10.1 Å². The zero-order valence-corrected chi connectivity index (χ0v) is 13.4. The summed E-state index contributed by atoms with van der Waals surface area (Å²) in [5.74, 6) is 0.100. The number of nitrogens with one attached hydrogen (secondary N) is 1. The lowest BCUT2D eigenvalue weighted by atomic mass is 9.84. The largest absolute Gasteiger partial charge is 0.375 e. The zero-order valence-electron chi connectivity index (χ0n) is 13.4. The van der Waals surface area contributed by atoms with Crippen molar-refractivity contribution in [2.75, 3.05) is 11.9 Å². The van der Waals surface area contributed by atoms with Crippen LogP contribution in [-0.2, 0) is 9.53 Å². The van der Waals surface area contributed by atoms with E-state index in [-0.39, 0.29) is 17.4 Å². The molecule has 0 bridgehead atoms. The van der Waals surface area contributed by atoms with Gasteiger partial charge in [0.25, 0.3) is 0 Å². The van der Waals surface area contributed by atoms with E-state index < -0.39 is 0 Å². The minimum atomic E-state index is -0.0455. The molecule has 0 radical (unpaired) electrons. The summed E-state index contributed by atoms with van der Waals surface area (Å²) in [6.07, 6.45) is 9.61. The second kappa shape index (κ2) is 5.60. The first-order valence-corrected chi connectivity index (χ1v) is 8.41. The van der Waals surface area contributed by atoms with Gasteiger partial charge in [-0.3, -0.25) is 4.79 Å². The van der Waals surface area contributed by atoms with E-state index in [1.165, 1.54) is 19.2 Å². The van der Waals surface area contributed by atoms with Gasteiger partial charge >= 0.3 is 0 Å². The fourth-order valence-corrected chi connectivity index (χ4v) is 3.98. The highest BCUT2D eigenvalue weighted by Crippen LogP contribution is 2.42. The van der Waals surface area contributed by atoms with Crippen LogP contribution >= 0.6 is 0 Å². The Morgan fingerprint density at radius 3 is 3.09 bits per heavy atom. The van der Waals surface area contributed by atoms with Crippen molar-refractivity contribution in [3.8, 4) is 0 Å². The standard InChI is InChI=1S/C17H22N4O2/c1-12-4-8-21-15(18-11-19-21)14(12)20-16(22)13-5-9-23-17(10-13)6-2-3-7-17/h4,8,11,13H,2-3,5-7,9-10H2,1H3,(H,20,22). The Morgan fingerprint density at radius 1 is 1.43 bits per heavy atom. The van der Waals surface area contributed by atoms with Gasteiger partial charge in [0.05, 0.1) is 11.3 Å². The lowest BCUT2D eigenvalue weighted by Crippen LogP contribution is -2.41. The lowest BCUT2D eigenvalue weighted by molar-refractivity contribution is -0.133. The molecule has 1 aliphatic carbocycles. The van der Waals surface area contributed by atoms with Crippen molar-refractivity contribution in [3.05, 3.63) is 24.2 Å². The molecule has 122 valence electrons. The van der Waals surface area contributed by atoms with Crippen LogP contribution in [0.5, 0.6) is 0 Å². The van der Waals surface area contributed by atoms with Crippen LogP contribution in [0, 0.1) is 12.8 Å². The van der Waals surface area contributed by atoms with E-state index in [0.29, 0.717) is 12.3 Å². The molecule has 1 unspecified atom stereocenters. The Kier molecular flexibility index (Phi) is 3.56. The molecule has 2 aliphatic rings. The van der Waals surface area contributed by atoms with Crippen molar-refractivity contribution < 1.29 is 9.53 Å². The molecular formula is C17H22N4O2. The van der Waals surface area contributed by atoms with Gasteiger partial charge in [-0.1, -0.05) is 12.8 Å². The lowest BCUT2D eigenvalue weighted by Gasteiger charge is -2.37. The zero-order chi connectivity index (χ0) is 15.9. The Morgan fingerprint density at radius 2 is 2.26 bits per heavy atom. The predicted octanol–water partition coefficient (Wildman–Crippen LogP) is 2.72. The summed E-state index contributed by atoms with van der Waals surface area (Å²) in [5, 5.41) is 7.23. The van der Waals surface area contributed by atoms with E-state index in [9.17, 15) is 4.79 Å². The summed E-state index contributed by atoms with van der Waals surface area (Å²) < 4.78 is 7.72. The van der Waals surface area contributed by atoms with Crippen molar-refractivity contribution in [1.29, 1.82) is 0 Å². The molecule has 1 saturated carbocycles. The Hall–Kier alpha value is -1.95. The molecule has 1 atom stereocenters. The number of fused-ring (bicyclic) bond motifs is 1. The molecule has 1 saturated heterocycles. The molecule has 1 N–H and O–H groups in total. The van der Waals surface area contributed by atoms with E-state index >= 15 is 0 Å². The molecule has 1 aliphatic heterocycles. The van der Waals surface area contributed by atoms with Crippen molar-refractivity contribution in [2.24, 2.45) is 5.92 Å². The number of carbonyl (C=O) groups is 1. The molecule has 2 aromatic heterocycles. The van der Waals surface area contributed by atoms with E-state index in [0.717, 1.165) is 36.9 Å². The highest BCUT2D eigenvalue weighted by Gasteiger charge is 2.42. The summed E-state index contributed by atoms with van der Waals surface area (Å²) >= 11 is 0. The van der Waals surface area contributed by atoms with Crippen molar-refractivity contribution in [1.82, 2.24) is 14.6 Å². The number of hydrogen-bond donors (Lipinski definition) is 1. The third kappa shape index (κ3) is 2.61. The van der Waals surface area contributed by atoms with Crippen LogP contribution in [0.1, 0.15) is 44.1 Å². The SMILES string of the molecule is Cc1ccn2ncnc2c1NC(=O)C1CCOC2(CCCC2)C1. The van der Waals surface area contributed by atoms with E-state index in [4.69, 9.17) is 4.74 Å². The van der Waals surface area contributed by atoms with Gasteiger partial charge in [0.2, 0.25) is 5.91 Å². The summed E-state index contributed by atoms with van der Waals surface area (Å²) in [6, 6.07) is 1.94. The topological polar surface area (TPSA) is 68.5 Å². The molecule has 1 spiro atoms. The molecule has 0 aromatic carbocycles. The average Bonchev–Trinajstić information content (AvgIpc) is 3.20. The number of amides is 1. The first kappa shape index (κ1) is 14.6. The summed E-state index contributed by atoms with van der Waals surface area (Å²) in [4.78, 5) is 17.1. The monoisotopic (exact) mass is 314 g/mol. The van der Waals surface area contributed by atoms with Crippen LogP contribution < -0.4 is 5.32 Å². The molecule has 2 aromatic rings. The highest BCUT2D eigenvalue weighted by molar-refractivity contribution is 5.96. The summed E-state index contributed by atoms with van der Waals surface area (Å²) in [5.41, 5.74) is 2.42. The maximum atomic E-state index is 12.8. The summed E-state index contributed by atoms with van der Waals surface area (Å²) in [6.45, 7) is 2.67. The second-order valence-electron chi connectivity index (χ2n) is 6.82. The number of nitrogens with zero attached hydrogens (tertiary/aromatic N) is 3. The quantitative estimate of drug-likeness (QED) is 0.925. The predicted molar refractivity (Wildman–Crippen MR) is 86.2 cm³/mol. The highest BCUT2D eigenvalue weighted by atomic mass is 16.5. The van der Waals surface area contributed by atoms with Gasteiger partial charge in [-0.15, -0.1) is 0 Å². The fraction of sp³-hybridized carbons (Fsp3) is 0.588. The molecule has 1 amide bonds. The number of aryl methyl sites for hydroxylation is 1. The Labute approximate surface area is 135 Å². The van der Waals surface area contributed by atoms with Crippen molar-refractivity contribution in [3.63, 3.8) is 0 Å². The van der Waals surface area contributed by atoms with Crippen LogP contribution in [0.4, 0.5) is 5.69 Å². The van der Waals surface area contributed by atoms with Crippen LogP contribution in [0.15, 0.2) is 18.6 Å². The molecule has 6 nitrogen and oxygen atoms in total. The minimum absolute atomic E-state index is 0.0180. The number of carbonyl (C=O) groups excluding carboxylic acids is 1. The number of hydrogen-bond acceptors (Lipinski definition) is 4. The van der Waals surface area contributed by atoms with E-state index in [1.807, 2.05) is 19.2 Å². The van der Waals surface area contributed by atoms with Gasteiger partial charge in [-0.2, -0.15) is 5.10 Å². The number of rotatable bonds is 2. The van der Waals surface area contributed by atoms with Crippen molar-refractivity contribution >= 4 is 17.2 Å². The number of pyridine rings is 1. The Bertz CT molecular complexity index is 733. The van der Waals surface area contributed by atoms with Crippen LogP contribution in [-0.4, -0.2) is 32.7 Å². The first-order valence-electron chi connectivity index (χ1n) is 8.41. The van der Waals surface area contributed by atoms with Crippen LogP contribution in [0.2, 0.25) is 0 Å². The Balaban J connectivity index is 1.55. The van der Waals surface area contributed by atoms with Crippen molar-refractivity contribution in [2.45, 2.75) is 51.0 Å². The normalized spacial score (nSPS) is 23.4. The summed E-state index contributed by atoms with van der Waals surface area (Å²) in [7, 11) is 0. The van der Waals surface area contributed by atoms with Gasteiger partial charge in [0, 0.05) is 18.7 Å². The maximum Gasteiger partial charge on any atom is 0.227 e. The minimum Gasteiger partial charge on any atom is -0.375 e. The van der Waals surface area contributed by atoms with Gasteiger partial charge in [-0.05, 0) is 44.2 Å². The average molecular weight is 314 g/mol. The van der Waals surface area contributed by atoms with E-state index in [1.54, 1.807) is 4.52 Å². The fourth-order valence-electron chi connectivity index (χ4n) is 3.98. The smallest absolute Gasteiger partial charge is 0.227 e. The van der Waals surface area contributed by atoms with Crippen LogP contribution in [0.25, 0.3) is 5.65 Å². The first-order chi connectivity index (χ1) is 11.2. The molecule has 4 rings (SSSR count). The van der Waals surface area contributed by atoms with E-state index in [2.05, 4.69) is 15.4 Å². The van der Waals surface area contributed by atoms with Crippen LogP contribution in [0.3, 0.4) is 0 Å². The number of anilines is 1. The molecule has 2 fully saturated rings. The van der Waals surface area contributed by atoms with Gasteiger partial charge in [0.15, 0.2) is 5.65 Å². The third-order valence-corrected chi connectivity index (χ3v) is 5.28. The van der Waals surface area contributed by atoms with Gasteiger partial charge in [-0.25, -0.2) is 9.50 Å². The number of aromatic nitrogens is 3. The molecular weight excluding hydrogens is 292 g/mol. The molecule has 23 heavy (non-hydrogen) atoms. The third-order valence-electron chi connectivity index (χ3n) is 5.28. The maximum absolute atomic E-state index is 12.8. The second-order valence-corrected chi connectivity index (χ2v) is 6.82. The number of ether oxygens (including phenoxy) is 1. The van der Waals surface area contributed by atoms with Gasteiger partial charge in [0.1, 0.15) is 6.33 Å².